The zero-order chi connectivity index (χ0) is 18.2. The van der Waals surface area contributed by atoms with Crippen LogP contribution in [0.1, 0.15) is 25.7 Å². The second-order valence-electron chi connectivity index (χ2n) is 9.02. The summed E-state index contributed by atoms with van der Waals surface area (Å²) < 4.78 is 2.17. The van der Waals surface area contributed by atoms with Gasteiger partial charge in [0.05, 0.1) is 0 Å². The monoisotopic (exact) mass is 519 g/mol. The van der Waals surface area contributed by atoms with Gasteiger partial charge in [-0.1, -0.05) is 0 Å². The van der Waals surface area contributed by atoms with Gasteiger partial charge in [-0.15, -0.1) is 0 Å². The predicted octanol–water partition coefficient (Wildman–Crippen LogP) is -0.245. The van der Waals surface area contributed by atoms with Gasteiger partial charge in [0, 0.05) is 0 Å². The Bertz CT molecular complexity index is 743. The van der Waals surface area contributed by atoms with E-state index in [2.05, 4.69) is 85.5 Å². The topological polar surface area (TPSA) is 0 Å². The molecule has 4 aliphatic rings. The first kappa shape index (κ1) is 23.5. The predicted molar refractivity (Wildman–Crippen MR) is 116 cm³/mol. The molecule has 0 saturated heterocycles. The molecular formula is C25H31Cl2SiZr. The summed E-state index contributed by atoms with van der Waals surface area (Å²) in [6.45, 7) is 2.75. The summed E-state index contributed by atoms with van der Waals surface area (Å²) in [5.41, 5.74) is 0. The second kappa shape index (κ2) is 10.4. The van der Waals surface area contributed by atoms with Crippen LogP contribution in [0.2, 0.25) is 13.8 Å². The zero-order valence-corrected chi connectivity index (χ0v) is 22.3. The van der Waals surface area contributed by atoms with Crippen LogP contribution in [0.3, 0.4) is 0 Å². The maximum absolute atomic E-state index is 2.75. The summed E-state index contributed by atoms with van der Waals surface area (Å²) >= 11 is -1.63. The Morgan fingerprint density at radius 2 is 1.17 bits per heavy atom. The van der Waals surface area contributed by atoms with Crippen LogP contribution < -0.4 is 30.0 Å². The molecule has 0 spiro atoms. The summed E-state index contributed by atoms with van der Waals surface area (Å²) in [6, 6.07) is 11.7. The number of allylic oxidation sites excluding steroid dienone is 8. The third kappa shape index (κ3) is 4.57. The molecule has 0 nitrogen and oxygen atoms in total. The molecule has 0 aromatic heterocycles. The van der Waals surface area contributed by atoms with E-state index in [0.29, 0.717) is 0 Å². The van der Waals surface area contributed by atoms with E-state index in [1.807, 2.05) is 0 Å². The summed E-state index contributed by atoms with van der Waals surface area (Å²) in [6.07, 6.45) is 25.6. The van der Waals surface area contributed by atoms with Crippen molar-refractivity contribution < 1.29 is 45.7 Å². The molecule has 153 valence electrons. The van der Waals surface area contributed by atoms with Crippen LogP contribution in [0.4, 0.5) is 0 Å². The van der Waals surface area contributed by atoms with Gasteiger partial charge in [-0.25, -0.2) is 0 Å². The van der Waals surface area contributed by atoms with Crippen molar-refractivity contribution >= 4 is 11.1 Å². The van der Waals surface area contributed by atoms with Gasteiger partial charge in [-0.3, -0.25) is 0 Å². The molecule has 5 rings (SSSR count). The van der Waals surface area contributed by atoms with Crippen LogP contribution in [0.5, 0.6) is 0 Å². The van der Waals surface area contributed by atoms with Crippen molar-refractivity contribution in [2.75, 3.05) is 0 Å². The number of fused-ring (bicyclic) bond motifs is 2. The van der Waals surface area contributed by atoms with E-state index in [1.165, 1.54) is 25.7 Å². The molecule has 1 aromatic rings. The Kier molecular flexibility index (Phi) is 8.47. The second-order valence-corrected chi connectivity index (χ2v) is 27.6. The van der Waals surface area contributed by atoms with Gasteiger partial charge in [0.1, 0.15) is 0 Å². The molecular weight excluding hydrogens is 490 g/mol. The van der Waals surface area contributed by atoms with Crippen LogP contribution in [0, 0.1) is 23.7 Å². The first-order chi connectivity index (χ1) is 13.3. The summed E-state index contributed by atoms with van der Waals surface area (Å²) in [7, 11) is 0. The number of hydrogen-bond acceptors (Lipinski definition) is 0. The van der Waals surface area contributed by atoms with E-state index in [4.69, 9.17) is 0 Å². The van der Waals surface area contributed by atoms with Crippen molar-refractivity contribution in [3.05, 3.63) is 78.9 Å². The minimum Gasteiger partial charge on any atom is -1.00 e. The molecule has 1 aromatic carbocycles. The third-order valence-electron chi connectivity index (χ3n) is 7.80. The molecule has 2 fully saturated rings. The molecule has 2 saturated carbocycles. The molecule has 0 radical (unpaired) electrons. The molecule has 0 amide bonds. The first-order valence-electron chi connectivity index (χ1n) is 10.9. The van der Waals surface area contributed by atoms with Gasteiger partial charge >= 0.3 is 174 Å². The molecule has 7 atom stereocenters. The summed E-state index contributed by atoms with van der Waals surface area (Å²) in [5, 5.41) is 1.77. The van der Waals surface area contributed by atoms with E-state index in [-0.39, 0.29) is 24.8 Å². The van der Waals surface area contributed by atoms with Crippen molar-refractivity contribution in [2.45, 2.75) is 39.5 Å². The van der Waals surface area contributed by atoms with Crippen molar-refractivity contribution in [1.82, 2.24) is 0 Å². The Morgan fingerprint density at radius 1 is 0.690 bits per heavy atom. The van der Waals surface area contributed by atoms with Crippen LogP contribution in [-0.4, -0.2) is 5.92 Å². The van der Waals surface area contributed by atoms with Crippen molar-refractivity contribution in [3.63, 3.8) is 0 Å². The van der Waals surface area contributed by atoms with Crippen molar-refractivity contribution in [2.24, 2.45) is 23.7 Å². The normalized spacial score (nSPS) is 34.7. The standard InChI is InChI=1S/2C9H11.C7H9Si.2ClH.Zr/c2*1-2-5-9-7-3-6-8(9)4-1;1-8-7-5-3-2-4-6-7;;;/h2*1-2,4-6,8-9H,3,7H2;2-6,8H,1H3;2*1H;/q;;;;;+2/p-2. The van der Waals surface area contributed by atoms with E-state index in [1.54, 1.807) is 5.19 Å². The largest absolute Gasteiger partial charge is 1.00 e. The average molecular weight is 522 g/mol. The molecule has 0 bridgehead atoms. The number of rotatable bonds is 4. The fourth-order valence-electron chi connectivity index (χ4n) is 6.54. The van der Waals surface area contributed by atoms with Gasteiger partial charge < -0.3 is 24.8 Å². The fraction of sp³-hybridized carbons (Fsp3) is 0.440. The molecule has 29 heavy (non-hydrogen) atoms. The molecule has 0 heterocycles. The Morgan fingerprint density at radius 3 is 1.69 bits per heavy atom. The van der Waals surface area contributed by atoms with E-state index >= 15 is 0 Å². The van der Waals surface area contributed by atoms with E-state index in [0.717, 1.165) is 30.9 Å². The molecule has 7 unspecified atom stereocenters. The molecule has 0 aliphatic heterocycles. The number of benzene rings is 1. The molecule has 4 heteroatoms. The van der Waals surface area contributed by atoms with E-state index < -0.39 is 26.8 Å². The van der Waals surface area contributed by atoms with Crippen LogP contribution in [-0.2, 0) is 20.9 Å². The molecule has 4 aliphatic carbocycles. The molecule has 0 N–H and O–H groups in total. The average Bonchev–Trinajstić information content (AvgIpc) is 3.34. The zero-order valence-electron chi connectivity index (χ0n) is 17.1. The number of hydrogen-bond donors (Lipinski definition) is 0. The quantitative estimate of drug-likeness (QED) is 0.480. The van der Waals surface area contributed by atoms with Gasteiger partial charge in [-0.2, -0.15) is 0 Å². The minimum atomic E-state index is -1.63. The van der Waals surface area contributed by atoms with Gasteiger partial charge in [0.2, 0.25) is 0 Å². The SMILES string of the molecule is C[SiH](c1ccccc1)[Zr+2]([CH]1CCC2C=CC=CC21)[CH]1CCC2C=CC=CC21.[Cl-].[Cl-]. The van der Waals surface area contributed by atoms with Gasteiger partial charge in [-0.05, 0) is 0 Å². The maximum Gasteiger partial charge on any atom is -1.00 e. The fourth-order valence-corrected chi connectivity index (χ4v) is 35.1. The first-order valence-corrected chi connectivity index (χ1v) is 20.3. The Labute approximate surface area is 197 Å². The Balaban J connectivity index is 0.00000120. The Hall–Kier alpha value is -0.140. The summed E-state index contributed by atoms with van der Waals surface area (Å²) in [5.74, 6) is 2.63. The van der Waals surface area contributed by atoms with Gasteiger partial charge in [0.15, 0.2) is 0 Å². The van der Waals surface area contributed by atoms with Gasteiger partial charge in [0.25, 0.3) is 0 Å². The smallest absolute Gasteiger partial charge is 1.00 e. The minimum absolute atomic E-state index is 0. The van der Waals surface area contributed by atoms with Crippen molar-refractivity contribution in [1.29, 1.82) is 0 Å². The number of halogens is 2. The third-order valence-corrected chi connectivity index (χ3v) is 32.6. The van der Waals surface area contributed by atoms with Crippen LogP contribution in [0.15, 0.2) is 78.9 Å². The van der Waals surface area contributed by atoms with E-state index in [9.17, 15) is 0 Å². The van der Waals surface area contributed by atoms with Crippen molar-refractivity contribution in [3.8, 4) is 0 Å². The van der Waals surface area contributed by atoms with Crippen LogP contribution >= 0.6 is 0 Å². The summed E-state index contributed by atoms with van der Waals surface area (Å²) in [4.78, 5) is 0. The van der Waals surface area contributed by atoms with Crippen LogP contribution in [0.25, 0.3) is 0 Å². The maximum atomic E-state index is 2.75.